The van der Waals surface area contributed by atoms with E-state index >= 15 is 0 Å². The average Bonchev–Trinajstić information content (AvgIpc) is 3.07. The molecule has 0 aromatic heterocycles. The van der Waals surface area contributed by atoms with Gasteiger partial charge >= 0.3 is 0 Å². The molecular weight excluding hydrogens is 346 g/mol. The summed E-state index contributed by atoms with van der Waals surface area (Å²) in [6.45, 7) is 2.59. The summed E-state index contributed by atoms with van der Waals surface area (Å²) in [6, 6.07) is 27.5. The molecule has 1 amide bonds. The molecule has 3 heteroatoms. The maximum atomic E-state index is 13.2. The molecule has 3 nitrogen and oxygen atoms in total. The first-order valence-electron chi connectivity index (χ1n) is 9.37. The highest BCUT2D eigenvalue weighted by Gasteiger charge is 2.30. The topological polar surface area (TPSA) is 29.5 Å². The van der Waals surface area contributed by atoms with Gasteiger partial charge in [-0.2, -0.15) is 0 Å². The largest absolute Gasteiger partial charge is 0.494 e. The van der Waals surface area contributed by atoms with Crippen LogP contribution in [0.15, 0.2) is 96.6 Å². The Morgan fingerprint density at radius 1 is 0.857 bits per heavy atom. The molecule has 0 fully saturated rings. The van der Waals surface area contributed by atoms with Crippen molar-refractivity contribution in [2.24, 2.45) is 0 Å². The van der Waals surface area contributed by atoms with Crippen molar-refractivity contribution >= 4 is 23.4 Å². The molecule has 1 aliphatic rings. The summed E-state index contributed by atoms with van der Waals surface area (Å²) in [7, 11) is 0. The summed E-state index contributed by atoms with van der Waals surface area (Å²) in [6.07, 6.45) is 3.88. The minimum absolute atomic E-state index is 0.0288. The number of rotatable bonds is 5. The van der Waals surface area contributed by atoms with Crippen molar-refractivity contribution < 1.29 is 9.53 Å². The van der Waals surface area contributed by atoms with Gasteiger partial charge in [0.05, 0.1) is 12.3 Å². The smallest absolute Gasteiger partial charge is 0.262 e. The zero-order chi connectivity index (χ0) is 19.3. The van der Waals surface area contributed by atoms with E-state index in [4.69, 9.17) is 4.74 Å². The third-order valence-corrected chi connectivity index (χ3v) is 4.58. The molecule has 1 aliphatic heterocycles. The van der Waals surface area contributed by atoms with Gasteiger partial charge < -0.3 is 4.74 Å². The van der Waals surface area contributed by atoms with Gasteiger partial charge in [-0.1, -0.05) is 60.7 Å². The Morgan fingerprint density at radius 2 is 1.50 bits per heavy atom. The van der Waals surface area contributed by atoms with E-state index in [2.05, 4.69) is 0 Å². The van der Waals surface area contributed by atoms with Gasteiger partial charge in [0.2, 0.25) is 0 Å². The Balaban J connectivity index is 1.74. The van der Waals surface area contributed by atoms with E-state index in [0.717, 1.165) is 28.3 Å². The highest BCUT2D eigenvalue weighted by Crippen LogP contribution is 2.35. The van der Waals surface area contributed by atoms with Gasteiger partial charge in [0, 0.05) is 11.3 Å². The molecule has 28 heavy (non-hydrogen) atoms. The summed E-state index contributed by atoms with van der Waals surface area (Å²) in [4.78, 5) is 15.0. The Hall–Kier alpha value is -3.59. The second kappa shape index (κ2) is 7.97. The third-order valence-electron chi connectivity index (χ3n) is 4.58. The third kappa shape index (κ3) is 3.60. The molecule has 0 aliphatic carbocycles. The van der Waals surface area contributed by atoms with E-state index in [9.17, 15) is 4.79 Å². The first-order chi connectivity index (χ1) is 13.8. The van der Waals surface area contributed by atoms with Crippen molar-refractivity contribution in [3.63, 3.8) is 0 Å². The quantitative estimate of drug-likeness (QED) is 0.553. The molecule has 3 aromatic carbocycles. The summed E-state index contributed by atoms with van der Waals surface area (Å²) < 4.78 is 5.49. The molecule has 0 bridgehead atoms. The van der Waals surface area contributed by atoms with Gasteiger partial charge in [0.15, 0.2) is 0 Å². The molecule has 0 unspecified atom stereocenters. The summed E-state index contributed by atoms with van der Waals surface area (Å²) >= 11 is 0. The molecule has 0 saturated carbocycles. The van der Waals surface area contributed by atoms with Crippen LogP contribution in [0.4, 0.5) is 5.69 Å². The number of ether oxygens (including phenoxy) is 1. The van der Waals surface area contributed by atoms with Crippen LogP contribution in [0.25, 0.3) is 11.8 Å². The van der Waals surface area contributed by atoms with Gasteiger partial charge in [-0.25, -0.2) is 0 Å². The van der Waals surface area contributed by atoms with Crippen molar-refractivity contribution in [1.29, 1.82) is 0 Å². The standard InChI is InChI=1S/C25H21NO2/c1-2-28-23-15-13-19(14-16-23)17-21-18-24(20-9-5-3-6-10-20)26(25(21)27)22-11-7-4-8-12-22/h3-18H,2H2,1H3/b21-17+. The number of amides is 1. The van der Waals surface area contributed by atoms with Crippen molar-refractivity contribution in [1.82, 2.24) is 0 Å². The van der Waals surface area contributed by atoms with Crippen LogP contribution < -0.4 is 9.64 Å². The Bertz CT molecular complexity index is 1020. The van der Waals surface area contributed by atoms with Gasteiger partial charge in [-0.3, -0.25) is 9.69 Å². The van der Waals surface area contributed by atoms with Crippen LogP contribution in [0, 0.1) is 0 Å². The molecule has 0 spiro atoms. The minimum Gasteiger partial charge on any atom is -0.494 e. The van der Waals surface area contributed by atoms with E-state index in [1.807, 2.05) is 104 Å². The molecule has 138 valence electrons. The summed E-state index contributed by atoms with van der Waals surface area (Å²) in [5.74, 6) is 0.799. The van der Waals surface area contributed by atoms with Crippen LogP contribution in [-0.4, -0.2) is 12.5 Å². The summed E-state index contributed by atoms with van der Waals surface area (Å²) in [5.41, 5.74) is 4.37. The maximum absolute atomic E-state index is 13.2. The highest BCUT2D eigenvalue weighted by atomic mass is 16.5. The van der Waals surface area contributed by atoms with E-state index in [-0.39, 0.29) is 5.91 Å². The zero-order valence-electron chi connectivity index (χ0n) is 15.7. The highest BCUT2D eigenvalue weighted by molar-refractivity contribution is 6.23. The normalized spacial score (nSPS) is 15.0. The lowest BCUT2D eigenvalue weighted by Crippen LogP contribution is -2.24. The Labute approximate surface area is 165 Å². The first-order valence-corrected chi connectivity index (χ1v) is 9.37. The van der Waals surface area contributed by atoms with Crippen molar-refractivity contribution in [3.05, 3.63) is 108 Å². The first kappa shape index (κ1) is 17.8. The molecule has 0 saturated heterocycles. The predicted octanol–water partition coefficient (Wildman–Crippen LogP) is 5.56. The number of nitrogens with zero attached hydrogens (tertiary/aromatic N) is 1. The monoisotopic (exact) mass is 367 g/mol. The number of carbonyl (C=O) groups excluding carboxylic acids is 1. The van der Waals surface area contributed by atoms with Gasteiger partial charge in [0.1, 0.15) is 5.75 Å². The molecular formula is C25H21NO2. The number of anilines is 1. The number of benzene rings is 3. The minimum atomic E-state index is -0.0288. The van der Waals surface area contributed by atoms with Crippen LogP contribution >= 0.6 is 0 Å². The molecule has 0 N–H and O–H groups in total. The second-order valence-electron chi connectivity index (χ2n) is 6.47. The van der Waals surface area contributed by atoms with Crippen molar-refractivity contribution in [3.8, 4) is 5.75 Å². The SMILES string of the molecule is CCOc1ccc(/C=C2\C=C(c3ccccc3)N(c3ccccc3)C2=O)cc1. The fourth-order valence-electron chi connectivity index (χ4n) is 3.28. The fourth-order valence-corrected chi connectivity index (χ4v) is 3.28. The van der Waals surface area contributed by atoms with Crippen LogP contribution in [-0.2, 0) is 4.79 Å². The molecule has 0 atom stereocenters. The lowest BCUT2D eigenvalue weighted by Gasteiger charge is -2.20. The predicted molar refractivity (Wildman–Crippen MR) is 114 cm³/mol. The second-order valence-corrected chi connectivity index (χ2v) is 6.47. The van der Waals surface area contributed by atoms with E-state index in [1.165, 1.54) is 0 Å². The van der Waals surface area contributed by atoms with E-state index < -0.39 is 0 Å². The van der Waals surface area contributed by atoms with Crippen molar-refractivity contribution in [2.45, 2.75) is 6.92 Å². The lowest BCUT2D eigenvalue weighted by molar-refractivity contribution is -0.113. The van der Waals surface area contributed by atoms with Gasteiger partial charge in [-0.15, -0.1) is 0 Å². The Morgan fingerprint density at radius 3 is 2.14 bits per heavy atom. The zero-order valence-corrected chi connectivity index (χ0v) is 15.7. The molecule has 3 aromatic rings. The maximum Gasteiger partial charge on any atom is 0.262 e. The average molecular weight is 367 g/mol. The van der Waals surface area contributed by atoms with Crippen LogP contribution in [0.2, 0.25) is 0 Å². The molecule has 1 heterocycles. The van der Waals surface area contributed by atoms with Crippen LogP contribution in [0.1, 0.15) is 18.1 Å². The fraction of sp³-hybridized carbons (Fsp3) is 0.0800. The van der Waals surface area contributed by atoms with E-state index in [1.54, 1.807) is 4.90 Å². The number of para-hydroxylation sites is 1. The van der Waals surface area contributed by atoms with Crippen LogP contribution in [0.5, 0.6) is 5.75 Å². The number of carbonyl (C=O) groups is 1. The number of hydrogen-bond acceptors (Lipinski definition) is 2. The van der Waals surface area contributed by atoms with Gasteiger partial charge in [-0.05, 0) is 54.5 Å². The van der Waals surface area contributed by atoms with Gasteiger partial charge in [0.25, 0.3) is 5.91 Å². The van der Waals surface area contributed by atoms with E-state index in [0.29, 0.717) is 12.2 Å². The lowest BCUT2D eigenvalue weighted by atomic mass is 10.1. The Kier molecular flexibility index (Phi) is 5.07. The van der Waals surface area contributed by atoms with Crippen molar-refractivity contribution in [2.75, 3.05) is 11.5 Å². The number of hydrogen-bond donors (Lipinski definition) is 0. The van der Waals surface area contributed by atoms with Crippen LogP contribution in [0.3, 0.4) is 0 Å². The summed E-state index contributed by atoms with van der Waals surface area (Å²) in [5, 5.41) is 0. The molecule has 0 radical (unpaired) electrons. The molecule has 4 rings (SSSR count).